The molecule has 0 nitrogen and oxygen atoms in total. The van der Waals surface area contributed by atoms with Crippen LogP contribution in [0.2, 0.25) is 118 Å². The standard InChI is InChI=1S/C27H59Si6.C12H17.2K.Sn/c1-28(2,3)25(29(4,5)6)22-19-23(26(30(7,8)9)31(10,11)12)21-24(20-22)27(32(13,14)15)33(16,17)18;1-9(2)11-6-5-7-12(8-11)10(3)4;;;/h19-20,25-27H,1-18H3;5-7,9-10H,1-4H3;;;. The second-order valence-electron chi connectivity index (χ2n) is 21.8. The minimum Gasteiger partial charge on any atom is 0 e. The van der Waals surface area contributed by atoms with Crippen LogP contribution in [-0.2, 0) is 0 Å². The molecule has 0 aliphatic rings. The average molecular weight is 910 g/mol. The van der Waals surface area contributed by atoms with Crippen molar-refractivity contribution in [1.82, 2.24) is 0 Å². The first-order valence-corrected chi connectivity index (χ1v) is 42.7. The van der Waals surface area contributed by atoms with Gasteiger partial charge in [-0.2, -0.15) is 0 Å². The summed E-state index contributed by atoms with van der Waals surface area (Å²) in [7, 11) is -9.15. The molecule has 262 valence electrons. The molecule has 0 atom stereocenters. The summed E-state index contributed by atoms with van der Waals surface area (Å²) in [5.41, 5.74) is 8.84. The van der Waals surface area contributed by atoms with Gasteiger partial charge in [0.2, 0.25) is 0 Å². The molecular formula is C39H76K2Si6Sn. The van der Waals surface area contributed by atoms with Crippen LogP contribution >= 0.6 is 0 Å². The zero-order chi connectivity index (χ0) is 36.2. The number of hydrogen-bond acceptors (Lipinski definition) is 0. The topological polar surface area (TPSA) is 0 Å². The average Bonchev–Trinajstić information content (AvgIpc) is 2.75. The van der Waals surface area contributed by atoms with Crippen LogP contribution in [0, 0.1) is 0 Å². The molecule has 0 aliphatic heterocycles. The Morgan fingerprint density at radius 2 is 0.646 bits per heavy atom. The molecule has 4 radical (unpaired) electrons. The molecule has 0 spiro atoms. The summed E-state index contributed by atoms with van der Waals surface area (Å²) in [6.07, 6.45) is 0. The van der Waals surface area contributed by atoms with Crippen molar-refractivity contribution in [2.75, 3.05) is 0 Å². The van der Waals surface area contributed by atoms with Gasteiger partial charge in [0.1, 0.15) is 0 Å². The molecule has 0 amide bonds. The van der Waals surface area contributed by atoms with E-state index in [0.29, 0.717) is 11.8 Å². The molecule has 2 rings (SSSR count). The summed E-state index contributed by atoms with van der Waals surface area (Å²) in [5.74, 6) is 1.14. The fraction of sp³-hybridized carbons (Fsp3) is 0.692. The van der Waals surface area contributed by atoms with Gasteiger partial charge in [0.15, 0.2) is 0 Å². The summed E-state index contributed by atoms with van der Waals surface area (Å²) >= 11 is -1.17. The fourth-order valence-corrected chi connectivity index (χ4v) is 55.6. The van der Waals surface area contributed by atoms with E-state index >= 15 is 0 Å². The van der Waals surface area contributed by atoms with E-state index in [2.05, 4.69) is 176 Å². The van der Waals surface area contributed by atoms with E-state index in [1.165, 1.54) is 0 Å². The quantitative estimate of drug-likeness (QED) is 0.176. The van der Waals surface area contributed by atoms with Gasteiger partial charge in [0.05, 0.1) is 0 Å². The predicted molar refractivity (Wildman–Crippen MR) is 246 cm³/mol. The Hall–Kier alpha value is 3.81. The Morgan fingerprint density at radius 3 is 0.875 bits per heavy atom. The van der Waals surface area contributed by atoms with Crippen molar-refractivity contribution in [3.05, 3.63) is 58.1 Å². The van der Waals surface area contributed by atoms with Crippen LogP contribution < -0.4 is 7.16 Å². The first-order chi connectivity index (χ1) is 20.3. The van der Waals surface area contributed by atoms with Gasteiger partial charge < -0.3 is 0 Å². The monoisotopic (exact) mass is 910 g/mol. The van der Waals surface area contributed by atoms with Gasteiger partial charge >= 0.3 is 308 Å². The summed E-state index contributed by atoms with van der Waals surface area (Å²) in [6, 6.07) is 13.2. The molecule has 9 heteroatoms. The zero-order valence-corrected chi connectivity index (χ0v) is 51.9. The molecule has 0 bridgehead atoms. The maximum absolute atomic E-state index is 2.93. The predicted octanol–water partition coefficient (Wildman–Crippen LogP) is 11.3. The molecule has 48 heavy (non-hydrogen) atoms. The molecule has 2 aromatic rings. The van der Waals surface area contributed by atoms with Crippen molar-refractivity contribution >= 4 is 180 Å². The van der Waals surface area contributed by atoms with Crippen LogP contribution in [0.4, 0.5) is 0 Å². The molecule has 0 saturated heterocycles. The first kappa shape index (κ1) is 51.8. The molecule has 0 heterocycles. The van der Waals surface area contributed by atoms with Gasteiger partial charge in [-0.05, 0) is 0 Å². The van der Waals surface area contributed by atoms with E-state index in [-0.39, 0.29) is 103 Å². The molecule has 2 aromatic carbocycles. The van der Waals surface area contributed by atoms with Crippen molar-refractivity contribution in [2.24, 2.45) is 0 Å². The maximum atomic E-state index is 2.93. The largest absolute Gasteiger partial charge is 0 e. The van der Waals surface area contributed by atoms with E-state index in [9.17, 15) is 0 Å². The third-order valence-corrected chi connectivity index (χ3v) is 42.6. The molecule has 0 aromatic heterocycles. The van der Waals surface area contributed by atoms with Crippen LogP contribution in [0.1, 0.15) is 82.8 Å². The second kappa shape index (κ2) is 18.8. The number of rotatable bonds is 13. The van der Waals surface area contributed by atoms with E-state index in [1.807, 2.05) is 18.3 Å². The van der Waals surface area contributed by atoms with Gasteiger partial charge in [-0.25, -0.2) is 0 Å². The fourth-order valence-electron chi connectivity index (χ4n) is 10.1. The molecular weight excluding hydrogens is 834 g/mol. The molecule has 0 unspecified atom stereocenters. The van der Waals surface area contributed by atoms with E-state index in [1.54, 1.807) is 16.7 Å². The Bertz CT molecular complexity index is 1230. The van der Waals surface area contributed by atoms with Gasteiger partial charge in [-0.1, -0.05) is 0 Å². The molecule has 0 N–H and O–H groups in total. The van der Waals surface area contributed by atoms with Crippen LogP contribution in [0.3, 0.4) is 0 Å². The van der Waals surface area contributed by atoms with E-state index in [4.69, 9.17) is 0 Å². The van der Waals surface area contributed by atoms with Crippen molar-refractivity contribution in [3.8, 4) is 0 Å². The van der Waals surface area contributed by atoms with Gasteiger partial charge in [0, 0.05) is 103 Å². The Labute approximate surface area is 403 Å². The van der Waals surface area contributed by atoms with Gasteiger partial charge in [-0.3, -0.25) is 0 Å². The SMILES string of the molecule is CC(C)c1cccc(C(C)C)[c]1[Sn][c]1c(C([Si](C)(C)C)[Si](C)(C)C)cc(C([Si](C)(C)C)[Si](C)(C)C)cc1C([Si](C)(C)C)[Si](C)(C)C.[K].[K]. The Kier molecular flexibility index (Phi) is 20.3. The Balaban J connectivity index is 0.0000110. The van der Waals surface area contributed by atoms with Crippen LogP contribution in [0.5, 0.6) is 0 Å². The molecule has 0 aliphatic carbocycles. The minimum absolute atomic E-state index is 0. The number of hydrogen-bond donors (Lipinski definition) is 0. The molecule has 0 saturated carbocycles. The summed E-state index contributed by atoms with van der Waals surface area (Å²) in [4.78, 5) is 0. The van der Waals surface area contributed by atoms with Crippen molar-refractivity contribution in [3.63, 3.8) is 0 Å². The van der Waals surface area contributed by atoms with Crippen LogP contribution in [0.15, 0.2) is 30.3 Å². The zero-order valence-electron chi connectivity index (χ0n) is 36.8. The smallest absolute Gasteiger partial charge is 0 e. The minimum atomic E-state index is -1.55. The number of benzene rings is 2. The summed E-state index contributed by atoms with van der Waals surface area (Å²) < 4.78 is 3.75. The summed E-state index contributed by atoms with van der Waals surface area (Å²) in [6.45, 7) is 58.4. The summed E-state index contributed by atoms with van der Waals surface area (Å²) in [5, 5.41) is 2.33. The van der Waals surface area contributed by atoms with Crippen molar-refractivity contribution < 1.29 is 0 Å². The second-order valence-corrected chi connectivity index (χ2v) is 59.0. The van der Waals surface area contributed by atoms with E-state index < -0.39 is 69.6 Å². The van der Waals surface area contributed by atoms with Crippen molar-refractivity contribution in [1.29, 1.82) is 0 Å². The van der Waals surface area contributed by atoms with Crippen LogP contribution in [0.25, 0.3) is 0 Å². The third-order valence-electron chi connectivity index (χ3n) is 10.00. The van der Waals surface area contributed by atoms with E-state index in [0.717, 1.165) is 15.5 Å². The van der Waals surface area contributed by atoms with Crippen LogP contribution in [-0.4, -0.2) is 172 Å². The third kappa shape index (κ3) is 13.5. The van der Waals surface area contributed by atoms with Gasteiger partial charge in [-0.15, -0.1) is 0 Å². The Morgan fingerprint density at radius 1 is 0.396 bits per heavy atom. The normalized spacial score (nSPS) is 13.9. The van der Waals surface area contributed by atoms with Crippen molar-refractivity contribution in [2.45, 2.75) is 173 Å². The maximum Gasteiger partial charge on any atom is 0 e. The molecule has 0 fully saturated rings. The first-order valence-electron chi connectivity index (χ1n) is 18.4. The van der Waals surface area contributed by atoms with Gasteiger partial charge in [0.25, 0.3) is 0 Å².